The van der Waals surface area contributed by atoms with Crippen LogP contribution in [-0.4, -0.2) is 16.7 Å². The number of hydrogen-bond donors (Lipinski definition) is 1. The van der Waals surface area contributed by atoms with Gasteiger partial charge >= 0.3 is 6.18 Å². The molecule has 2 amide bonds. The molecule has 1 atom stereocenters. The van der Waals surface area contributed by atoms with Crippen molar-refractivity contribution >= 4 is 23.2 Å². The second-order valence-electron chi connectivity index (χ2n) is 8.00. The molecule has 0 saturated carbocycles. The minimum Gasteiger partial charge on any atom is -0.352 e. The molecule has 4 nitrogen and oxygen atoms in total. The molecule has 0 fully saturated rings. The van der Waals surface area contributed by atoms with E-state index in [1.54, 1.807) is 11.3 Å². The number of alkyl halides is 3. The lowest BCUT2D eigenvalue weighted by Crippen LogP contribution is -2.38. The van der Waals surface area contributed by atoms with Crippen LogP contribution in [0.15, 0.2) is 66.0 Å². The maximum Gasteiger partial charge on any atom is 0.416 e. The minimum atomic E-state index is -4.43. The summed E-state index contributed by atoms with van der Waals surface area (Å²) >= 11 is 1.62. The van der Waals surface area contributed by atoms with E-state index in [1.807, 2.05) is 40.6 Å². The SMILES string of the molecule is O=C(CCC(=O)N1Cc2sccc2CC1c1ccccc1)NCc1cccc(C(F)(F)F)c1. The van der Waals surface area contributed by atoms with Crippen LogP contribution in [-0.2, 0) is 35.3 Å². The van der Waals surface area contributed by atoms with Crippen LogP contribution in [0, 0.1) is 0 Å². The zero-order valence-corrected chi connectivity index (χ0v) is 18.6. The van der Waals surface area contributed by atoms with Crippen LogP contribution in [0.2, 0.25) is 0 Å². The van der Waals surface area contributed by atoms with E-state index in [4.69, 9.17) is 0 Å². The summed E-state index contributed by atoms with van der Waals surface area (Å²) in [5.74, 6) is -0.483. The van der Waals surface area contributed by atoms with Crippen LogP contribution < -0.4 is 5.32 Å². The first-order valence-electron chi connectivity index (χ1n) is 10.6. The van der Waals surface area contributed by atoms with E-state index in [-0.39, 0.29) is 37.2 Å². The Labute approximate surface area is 194 Å². The number of nitrogens with zero attached hydrogens (tertiary/aromatic N) is 1. The van der Waals surface area contributed by atoms with Gasteiger partial charge in [0.25, 0.3) is 0 Å². The Hall–Kier alpha value is -3.13. The van der Waals surface area contributed by atoms with Gasteiger partial charge in [-0.05, 0) is 46.7 Å². The number of benzene rings is 2. The van der Waals surface area contributed by atoms with Gasteiger partial charge in [0.05, 0.1) is 18.2 Å². The summed E-state index contributed by atoms with van der Waals surface area (Å²) in [4.78, 5) is 28.3. The molecular weight excluding hydrogens is 449 g/mol. The maximum atomic E-state index is 13.1. The van der Waals surface area contributed by atoms with E-state index in [0.717, 1.165) is 29.0 Å². The average molecular weight is 473 g/mol. The molecule has 0 saturated heterocycles. The highest BCUT2D eigenvalue weighted by molar-refractivity contribution is 7.10. The number of thiophene rings is 1. The van der Waals surface area contributed by atoms with Crippen molar-refractivity contribution in [1.82, 2.24) is 10.2 Å². The molecule has 0 bridgehead atoms. The zero-order chi connectivity index (χ0) is 23.4. The van der Waals surface area contributed by atoms with E-state index in [1.165, 1.54) is 17.7 Å². The first kappa shape index (κ1) is 23.0. The van der Waals surface area contributed by atoms with Crippen molar-refractivity contribution in [2.75, 3.05) is 0 Å². The predicted molar refractivity (Wildman–Crippen MR) is 120 cm³/mol. The monoisotopic (exact) mass is 472 g/mol. The Morgan fingerprint density at radius 3 is 2.58 bits per heavy atom. The Morgan fingerprint density at radius 2 is 1.82 bits per heavy atom. The molecule has 1 N–H and O–H groups in total. The first-order valence-corrected chi connectivity index (χ1v) is 11.5. The highest BCUT2D eigenvalue weighted by atomic mass is 32.1. The Kier molecular flexibility index (Phi) is 6.83. The molecule has 33 heavy (non-hydrogen) atoms. The van der Waals surface area contributed by atoms with Crippen molar-refractivity contribution in [3.8, 4) is 0 Å². The smallest absolute Gasteiger partial charge is 0.352 e. The predicted octanol–water partition coefficient (Wildman–Crippen LogP) is 5.49. The Balaban J connectivity index is 1.36. The molecule has 2 heterocycles. The quantitative estimate of drug-likeness (QED) is 0.516. The van der Waals surface area contributed by atoms with Crippen LogP contribution in [0.3, 0.4) is 0 Å². The maximum absolute atomic E-state index is 13.1. The van der Waals surface area contributed by atoms with Gasteiger partial charge in [-0.25, -0.2) is 0 Å². The third kappa shape index (κ3) is 5.63. The standard InChI is InChI=1S/C25H23F3N2O2S/c26-25(27,28)20-8-4-5-17(13-20)15-29-23(31)9-10-24(32)30-16-22-19(11-12-33-22)14-21(30)18-6-2-1-3-7-18/h1-8,11-13,21H,9-10,14-16H2,(H,29,31). The fourth-order valence-corrected chi connectivity index (χ4v) is 4.93. The number of fused-ring (bicyclic) bond motifs is 1. The lowest BCUT2D eigenvalue weighted by atomic mass is 9.93. The van der Waals surface area contributed by atoms with E-state index in [9.17, 15) is 22.8 Å². The summed E-state index contributed by atoms with van der Waals surface area (Å²) in [5.41, 5.74) is 1.90. The topological polar surface area (TPSA) is 49.4 Å². The second-order valence-corrected chi connectivity index (χ2v) is 9.00. The van der Waals surface area contributed by atoms with Gasteiger partial charge in [0, 0.05) is 24.3 Å². The molecule has 0 spiro atoms. The van der Waals surface area contributed by atoms with Crippen LogP contribution in [0.25, 0.3) is 0 Å². The Morgan fingerprint density at radius 1 is 1.03 bits per heavy atom. The number of hydrogen-bond acceptors (Lipinski definition) is 3. The number of nitrogens with one attached hydrogen (secondary N) is 1. The molecular formula is C25H23F3N2O2S. The van der Waals surface area contributed by atoms with E-state index in [2.05, 4.69) is 11.4 Å². The summed E-state index contributed by atoms with van der Waals surface area (Å²) < 4.78 is 38.6. The van der Waals surface area contributed by atoms with Crippen LogP contribution in [0.1, 0.15) is 46.0 Å². The molecule has 8 heteroatoms. The van der Waals surface area contributed by atoms with Crippen molar-refractivity contribution in [3.63, 3.8) is 0 Å². The molecule has 2 aromatic carbocycles. The van der Waals surface area contributed by atoms with Crippen LogP contribution in [0.5, 0.6) is 0 Å². The van der Waals surface area contributed by atoms with Gasteiger partial charge in [-0.1, -0.05) is 42.5 Å². The van der Waals surface area contributed by atoms with Gasteiger partial charge in [-0.3, -0.25) is 9.59 Å². The normalized spacial score (nSPS) is 15.7. The number of halogens is 3. The van der Waals surface area contributed by atoms with Gasteiger partial charge in [0.2, 0.25) is 11.8 Å². The van der Waals surface area contributed by atoms with E-state index in [0.29, 0.717) is 12.1 Å². The fraction of sp³-hybridized carbons (Fsp3) is 0.280. The third-order valence-electron chi connectivity index (χ3n) is 5.76. The minimum absolute atomic E-state index is 0.0207. The van der Waals surface area contributed by atoms with Crippen LogP contribution >= 0.6 is 11.3 Å². The molecule has 3 aromatic rings. The van der Waals surface area contributed by atoms with Gasteiger partial charge in [-0.2, -0.15) is 13.2 Å². The largest absolute Gasteiger partial charge is 0.416 e. The van der Waals surface area contributed by atoms with E-state index >= 15 is 0 Å². The molecule has 0 radical (unpaired) electrons. The Bertz CT molecular complexity index is 1130. The van der Waals surface area contributed by atoms with Gasteiger partial charge in [0.1, 0.15) is 0 Å². The van der Waals surface area contributed by atoms with Crippen LogP contribution in [0.4, 0.5) is 13.2 Å². The van der Waals surface area contributed by atoms with Crippen molar-refractivity contribution in [2.45, 2.75) is 44.6 Å². The number of carbonyl (C=O) groups excluding carboxylic acids is 2. The molecule has 1 aliphatic rings. The zero-order valence-electron chi connectivity index (χ0n) is 17.8. The van der Waals surface area contributed by atoms with Gasteiger partial charge in [-0.15, -0.1) is 11.3 Å². The lowest BCUT2D eigenvalue weighted by molar-refractivity contribution is -0.138. The van der Waals surface area contributed by atoms with Crippen molar-refractivity contribution in [2.24, 2.45) is 0 Å². The highest BCUT2D eigenvalue weighted by Gasteiger charge is 2.32. The average Bonchev–Trinajstić information content (AvgIpc) is 3.28. The molecule has 172 valence electrons. The molecule has 1 aliphatic heterocycles. The van der Waals surface area contributed by atoms with Crippen molar-refractivity contribution in [3.05, 3.63) is 93.2 Å². The first-order chi connectivity index (χ1) is 15.8. The molecule has 1 unspecified atom stereocenters. The summed E-state index contributed by atoms with van der Waals surface area (Å²) in [6, 6.07) is 16.7. The van der Waals surface area contributed by atoms with E-state index < -0.39 is 11.7 Å². The summed E-state index contributed by atoms with van der Waals surface area (Å²) in [6.45, 7) is 0.489. The number of carbonyl (C=O) groups is 2. The second kappa shape index (κ2) is 9.79. The summed E-state index contributed by atoms with van der Waals surface area (Å²) in [6.07, 6.45) is -3.68. The number of amides is 2. The third-order valence-corrected chi connectivity index (χ3v) is 6.70. The number of rotatable bonds is 6. The molecule has 4 rings (SSSR count). The molecule has 1 aromatic heterocycles. The van der Waals surface area contributed by atoms with Gasteiger partial charge in [0.15, 0.2) is 0 Å². The highest BCUT2D eigenvalue weighted by Crippen LogP contribution is 2.36. The fourth-order valence-electron chi connectivity index (χ4n) is 4.02. The summed E-state index contributed by atoms with van der Waals surface area (Å²) in [5, 5.41) is 4.65. The lowest BCUT2D eigenvalue weighted by Gasteiger charge is -2.36. The van der Waals surface area contributed by atoms with Crippen molar-refractivity contribution < 1.29 is 22.8 Å². The molecule has 0 aliphatic carbocycles. The van der Waals surface area contributed by atoms with Gasteiger partial charge < -0.3 is 10.2 Å². The van der Waals surface area contributed by atoms with Crippen molar-refractivity contribution in [1.29, 1.82) is 0 Å². The summed E-state index contributed by atoms with van der Waals surface area (Å²) in [7, 11) is 0.